The first kappa shape index (κ1) is 12.3. The summed E-state index contributed by atoms with van der Waals surface area (Å²) in [7, 11) is 2.23. The molecule has 0 aromatic carbocycles. The molecule has 1 unspecified atom stereocenters. The van der Waals surface area contributed by atoms with Crippen LogP contribution >= 0.6 is 0 Å². The lowest BCUT2D eigenvalue weighted by Crippen LogP contribution is -2.36. The van der Waals surface area contributed by atoms with E-state index in [2.05, 4.69) is 11.9 Å². The first-order valence-corrected chi connectivity index (χ1v) is 6.80. The van der Waals surface area contributed by atoms with Gasteiger partial charge in [-0.3, -0.25) is 0 Å². The topological polar surface area (TPSA) is 38.5 Å². The molecule has 1 atom stereocenters. The van der Waals surface area contributed by atoms with Gasteiger partial charge in [0.25, 0.3) is 0 Å². The molecule has 3 heteroatoms. The summed E-state index contributed by atoms with van der Waals surface area (Å²) in [6.45, 7) is 3.31. The highest BCUT2D eigenvalue weighted by molar-refractivity contribution is 4.77. The van der Waals surface area contributed by atoms with Crippen LogP contribution in [0.3, 0.4) is 0 Å². The third-order valence-electron chi connectivity index (χ3n) is 4.00. The number of likely N-dealkylation sites (N-methyl/N-ethyl adjacent to an activating group) is 1. The van der Waals surface area contributed by atoms with E-state index >= 15 is 0 Å². The Morgan fingerprint density at radius 1 is 1.12 bits per heavy atom. The summed E-state index contributed by atoms with van der Waals surface area (Å²) in [5.41, 5.74) is 5.93. The van der Waals surface area contributed by atoms with Crippen LogP contribution in [0.25, 0.3) is 0 Å². The van der Waals surface area contributed by atoms with Crippen LogP contribution in [0, 0.1) is 5.92 Å². The highest BCUT2D eigenvalue weighted by Gasteiger charge is 2.22. The largest absolute Gasteiger partial charge is 0.377 e. The van der Waals surface area contributed by atoms with E-state index in [1.165, 1.54) is 45.1 Å². The van der Waals surface area contributed by atoms with Gasteiger partial charge in [-0.2, -0.15) is 0 Å². The molecule has 94 valence electrons. The minimum absolute atomic E-state index is 0.472. The van der Waals surface area contributed by atoms with Gasteiger partial charge in [-0.25, -0.2) is 0 Å². The van der Waals surface area contributed by atoms with Gasteiger partial charge in [0, 0.05) is 25.7 Å². The molecule has 2 N–H and O–H groups in total. The van der Waals surface area contributed by atoms with Crippen molar-refractivity contribution < 1.29 is 4.74 Å². The van der Waals surface area contributed by atoms with E-state index in [1.807, 2.05) is 0 Å². The molecule has 1 saturated carbocycles. The molecule has 2 aliphatic rings. The summed E-state index contributed by atoms with van der Waals surface area (Å²) in [6, 6.07) is 0.472. The van der Waals surface area contributed by atoms with Gasteiger partial charge in [0.1, 0.15) is 0 Å². The Labute approximate surface area is 99.3 Å². The van der Waals surface area contributed by atoms with Crippen molar-refractivity contribution in [1.82, 2.24) is 4.90 Å². The molecule has 0 bridgehead atoms. The Kier molecular flexibility index (Phi) is 4.62. The first-order chi connectivity index (χ1) is 7.74. The number of hydrogen-bond acceptors (Lipinski definition) is 3. The highest BCUT2D eigenvalue weighted by Crippen LogP contribution is 2.24. The maximum absolute atomic E-state index is 5.93. The quantitative estimate of drug-likeness (QED) is 0.791. The lowest BCUT2D eigenvalue weighted by atomic mass is 9.86. The third kappa shape index (κ3) is 3.72. The number of nitrogens with zero attached hydrogens (tertiary/aromatic N) is 1. The zero-order valence-electron chi connectivity index (χ0n) is 10.5. The molecule has 1 aliphatic carbocycles. The van der Waals surface area contributed by atoms with E-state index in [1.54, 1.807) is 0 Å². The maximum atomic E-state index is 5.93. The molecule has 1 saturated heterocycles. The van der Waals surface area contributed by atoms with E-state index < -0.39 is 0 Å². The van der Waals surface area contributed by atoms with Gasteiger partial charge < -0.3 is 15.4 Å². The van der Waals surface area contributed by atoms with Crippen LogP contribution in [-0.2, 0) is 4.74 Å². The SMILES string of the molecule is CN(CC1CCC(N)CC1)CC1CCCO1. The fourth-order valence-electron chi connectivity index (χ4n) is 3.02. The van der Waals surface area contributed by atoms with Crippen molar-refractivity contribution in [3.8, 4) is 0 Å². The van der Waals surface area contributed by atoms with Crippen LogP contribution in [0.2, 0.25) is 0 Å². The minimum atomic E-state index is 0.472. The second-order valence-corrected chi connectivity index (χ2v) is 5.64. The van der Waals surface area contributed by atoms with Gasteiger partial charge in [-0.1, -0.05) is 0 Å². The van der Waals surface area contributed by atoms with Gasteiger partial charge in [0.2, 0.25) is 0 Å². The van der Waals surface area contributed by atoms with Crippen LogP contribution in [0.5, 0.6) is 0 Å². The molecule has 2 fully saturated rings. The Hall–Kier alpha value is -0.120. The molecular formula is C13H26N2O. The van der Waals surface area contributed by atoms with Crippen LogP contribution in [0.1, 0.15) is 38.5 Å². The smallest absolute Gasteiger partial charge is 0.0702 e. The second-order valence-electron chi connectivity index (χ2n) is 5.64. The number of ether oxygens (including phenoxy) is 1. The fraction of sp³-hybridized carbons (Fsp3) is 1.00. The Morgan fingerprint density at radius 2 is 1.88 bits per heavy atom. The zero-order valence-corrected chi connectivity index (χ0v) is 10.5. The molecular weight excluding hydrogens is 200 g/mol. The van der Waals surface area contributed by atoms with Gasteiger partial charge in [-0.05, 0) is 51.5 Å². The Bertz CT molecular complexity index is 196. The molecule has 0 radical (unpaired) electrons. The molecule has 2 rings (SSSR count). The van der Waals surface area contributed by atoms with E-state index in [0.717, 1.165) is 19.1 Å². The molecule has 0 aromatic heterocycles. The van der Waals surface area contributed by atoms with Crippen LogP contribution in [0.4, 0.5) is 0 Å². The summed E-state index contributed by atoms with van der Waals surface area (Å²) in [5, 5.41) is 0. The molecule has 1 aliphatic heterocycles. The predicted molar refractivity (Wildman–Crippen MR) is 66.4 cm³/mol. The van der Waals surface area contributed by atoms with Crippen molar-refractivity contribution in [2.75, 3.05) is 26.7 Å². The first-order valence-electron chi connectivity index (χ1n) is 6.80. The van der Waals surface area contributed by atoms with Crippen LogP contribution in [-0.4, -0.2) is 43.8 Å². The van der Waals surface area contributed by atoms with Crippen LogP contribution < -0.4 is 5.73 Å². The van der Waals surface area contributed by atoms with Crippen LogP contribution in [0.15, 0.2) is 0 Å². The summed E-state index contributed by atoms with van der Waals surface area (Å²) in [4.78, 5) is 2.46. The molecule has 16 heavy (non-hydrogen) atoms. The predicted octanol–water partition coefficient (Wildman–Crippen LogP) is 1.61. The minimum Gasteiger partial charge on any atom is -0.377 e. The van der Waals surface area contributed by atoms with Gasteiger partial charge in [-0.15, -0.1) is 0 Å². The zero-order chi connectivity index (χ0) is 11.4. The normalized spacial score (nSPS) is 35.8. The summed E-state index contributed by atoms with van der Waals surface area (Å²) in [6.07, 6.45) is 8.07. The van der Waals surface area contributed by atoms with Crippen molar-refractivity contribution in [3.63, 3.8) is 0 Å². The second kappa shape index (κ2) is 5.99. The third-order valence-corrected chi connectivity index (χ3v) is 4.00. The van der Waals surface area contributed by atoms with Crippen molar-refractivity contribution in [3.05, 3.63) is 0 Å². The monoisotopic (exact) mass is 226 g/mol. The maximum Gasteiger partial charge on any atom is 0.0702 e. The fourth-order valence-corrected chi connectivity index (χ4v) is 3.02. The van der Waals surface area contributed by atoms with E-state index in [9.17, 15) is 0 Å². The van der Waals surface area contributed by atoms with Crippen molar-refractivity contribution in [2.24, 2.45) is 11.7 Å². The molecule has 0 spiro atoms. The average Bonchev–Trinajstić information content (AvgIpc) is 2.74. The number of hydrogen-bond donors (Lipinski definition) is 1. The van der Waals surface area contributed by atoms with Gasteiger partial charge in [0.15, 0.2) is 0 Å². The van der Waals surface area contributed by atoms with Crippen molar-refractivity contribution >= 4 is 0 Å². The summed E-state index contributed by atoms with van der Waals surface area (Å²) < 4.78 is 5.67. The van der Waals surface area contributed by atoms with E-state index in [-0.39, 0.29) is 0 Å². The molecule has 0 aromatic rings. The van der Waals surface area contributed by atoms with E-state index in [4.69, 9.17) is 10.5 Å². The summed E-state index contributed by atoms with van der Waals surface area (Å²) >= 11 is 0. The van der Waals surface area contributed by atoms with E-state index in [0.29, 0.717) is 12.1 Å². The lowest BCUT2D eigenvalue weighted by molar-refractivity contribution is 0.0739. The molecule has 3 nitrogen and oxygen atoms in total. The highest BCUT2D eigenvalue weighted by atomic mass is 16.5. The lowest BCUT2D eigenvalue weighted by Gasteiger charge is -2.30. The standard InChI is InChI=1S/C13H26N2O/c1-15(10-13-3-2-8-16-13)9-11-4-6-12(14)7-5-11/h11-13H,2-10,14H2,1H3. The summed E-state index contributed by atoms with van der Waals surface area (Å²) in [5.74, 6) is 0.867. The molecule has 0 amide bonds. The molecule has 1 heterocycles. The number of rotatable bonds is 4. The Balaban J connectivity index is 1.64. The van der Waals surface area contributed by atoms with Crippen molar-refractivity contribution in [2.45, 2.75) is 50.7 Å². The number of nitrogens with two attached hydrogens (primary N) is 1. The van der Waals surface area contributed by atoms with Gasteiger partial charge in [0.05, 0.1) is 6.10 Å². The Morgan fingerprint density at radius 3 is 2.50 bits per heavy atom. The van der Waals surface area contributed by atoms with Crippen molar-refractivity contribution in [1.29, 1.82) is 0 Å². The average molecular weight is 226 g/mol. The van der Waals surface area contributed by atoms with Gasteiger partial charge >= 0.3 is 0 Å².